The lowest BCUT2D eigenvalue weighted by molar-refractivity contribution is 0.0946. The lowest BCUT2D eigenvalue weighted by Gasteiger charge is -2.02. The molecule has 0 atom stereocenters. The van der Waals surface area contributed by atoms with Crippen LogP contribution in [0.5, 0.6) is 0 Å². The number of hydrogen-bond donors (Lipinski definition) is 2. The van der Waals surface area contributed by atoms with Crippen molar-refractivity contribution in [1.29, 1.82) is 0 Å². The van der Waals surface area contributed by atoms with Crippen molar-refractivity contribution in [2.24, 2.45) is 0 Å². The van der Waals surface area contributed by atoms with Crippen molar-refractivity contribution in [2.75, 3.05) is 0 Å². The first-order chi connectivity index (χ1) is 7.75. The molecule has 2 heterocycles. The first kappa shape index (κ1) is 10.9. The van der Waals surface area contributed by atoms with Crippen LogP contribution < -0.4 is 5.32 Å². The number of halogens is 1. The van der Waals surface area contributed by atoms with Crippen LogP contribution in [0.1, 0.15) is 16.2 Å². The smallest absolute Gasteiger partial charge is 0.268 e. The topological polar surface area (TPSA) is 57.8 Å². The fourth-order valence-electron chi connectivity index (χ4n) is 1.27. The zero-order valence-corrected chi connectivity index (χ0v) is 9.99. The molecule has 0 aliphatic carbocycles. The van der Waals surface area contributed by atoms with Gasteiger partial charge in [0, 0.05) is 16.9 Å². The van der Waals surface area contributed by atoms with Crippen LogP contribution in [0.25, 0.3) is 0 Å². The molecule has 0 unspecified atom stereocenters. The average Bonchev–Trinajstić information content (AvgIpc) is 2.74. The first-order valence-electron chi connectivity index (χ1n) is 4.78. The van der Waals surface area contributed by atoms with Gasteiger partial charge >= 0.3 is 0 Å². The highest BCUT2D eigenvalue weighted by Gasteiger charge is 2.07. The van der Waals surface area contributed by atoms with Crippen LogP contribution in [-0.4, -0.2) is 15.9 Å². The molecular formula is C11H10BrN3O. The molecular weight excluding hydrogens is 270 g/mol. The lowest BCUT2D eigenvalue weighted by atomic mass is 10.3. The van der Waals surface area contributed by atoms with Gasteiger partial charge in [0.05, 0.1) is 12.2 Å². The fraction of sp³-hybridized carbons (Fsp3) is 0.0909. The molecule has 0 aromatic carbocycles. The third kappa shape index (κ3) is 2.70. The van der Waals surface area contributed by atoms with Crippen LogP contribution in [0.3, 0.4) is 0 Å². The number of hydrogen-bond acceptors (Lipinski definition) is 2. The minimum absolute atomic E-state index is 0.142. The minimum atomic E-state index is -0.142. The Morgan fingerprint density at radius 2 is 2.38 bits per heavy atom. The normalized spacial score (nSPS) is 10.1. The van der Waals surface area contributed by atoms with Crippen molar-refractivity contribution in [1.82, 2.24) is 15.3 Å². The standard InChI is InChI=1S/C11H10BrN3O/c12-8-5-10(14-6-8)11(16)15-7-9-3-1-2-4-13-9/h1-6,14H,7H2,(H,15,16). The van der Waals surface area contributed by atoms with E-state index in [-0.39, 0.29) is 5.91 Å². The molecule has 4 nitrogen and oxygen atoms in total. The number of pyridine rings is 1. The molecule has 0 radical (unpaired) electrons. The van der Waals surface area contributed by atoms with Gasteiger partial charge in [0.1, 0.15) is 5.69 Å². The van der Waals surface area contributed by atoms with E-state index >= 15 is 0 Å². The van der Waals surface area contributed by atoms with E-state index in [0.29, 0.717) is 12.2 Å². The second-order valence-corrected chi connectivity index (χ2v) is 4.15. The SMILES string of the molecule is O=C(NCc1ccccn1)c1cc(Br)c[nH]1. The number of amides is 1. The van der Waals surface area contributed by atoms with Gasteiger partial charge in [-0.05, 0) is 34.1 Å². The highest BCUT2D eigenvalue weighted by atomic mass is 79.9. The zero-order valence-electron chi connectivity index (χ0n) is 8.40. The van der Waals surface area contributed by atoms with Crippen LogP contribution in [0, 0.1) is 0 Å². The Morgan fingerprint density at radius 1 is 1.50 bits per heavy atom. The van der Waals surface area contributed by atoms with Crippen LogP contribution in [0.2, 0.25) is 0 Å². The van der Waals surface area contributed by atoms with Crippen LogP contribution in [-0.2, 0) is 6.54 Å². The zero-order chi connectivity index (χ0) is 11.4. The van der Waals surface area contributed by atoms with E-state index in [9.17, 15) is 4.79 Å². The van der Waals surface area contributed by atoms with Gasteiger partial charge in [-0.3, -0.25) is 9.78 Å². The molecule has 0 saturated carbocycles. The van der Waals surface area contributed by atoms with Gasteiger partial charge < -0.3 is 10.3 Å². The molecule has 5 heteroatoms. The van der Waals surface area contributed by atoms with E-state index in [1.807, 2.05) is 18.2 Å². The first-order valence-corrected chi connectivity index (χ1v) is 5.57. The third-order valence-corrected chi connectivity index (χ3v) is 2.51. The largest absolute Gasteiger partial charge is 0.356 e. The molecule has 0 spiro atoms. The quantitative estimate of drug-likeness (QED) is 0.904. The lowest BCUT2D eigenvalue weighted by Crippen LogP contribution is -2.23. The summed E-state index contributed by atoms with van der Waals surface area (Å²) in [5.74, 6) is -0.142. The number of nitrogens with zero attached hydrogens (tertiary/aromatic N) is 1. The summed E-state index contributed by atoms with van der Waals surface area (Å²) < 4.78 is 0.857. The minimum Gasteiger partial charge on any atom is -0.356 e. The summed E-state index contributed by atoms with van der Waals surface area (Å²) in [5, 5.41) is 2.78. The Balaban J connectivity index is 1.94. The Morgan fingerprint density at radius 3 is 3.00 bits per heavy atom. The number of carbonyl (C=O) groups is 1. The van der Waals surface area contributed by atoms with E-state index in [2.05, 4.69) is 31.2 Å². The van der Waals surface area contributed by atoms with Gasteiger partial charge in [0.2, 0.25) is 0 Å². The number of rotatable bonds is 3. The van der Waals surface area contributed by atoms with Crippen LogP contribution in [0.15, 0.2) is 41.1 Å². The van der Waals surface area contributed by atoms with Crippen LogP contribution in [0.4, 0.5) is 0 Å². The highest BCUT2D eigenvalue weighted by Crippen LogP contribution is 2.10. The monoisotopic (exact) mass is 279 g/mol. The summed E-state index contributed by atoms with van der Waals surface area (Å²) in [6.07, 6.45) is 3.42. The Hall–Kier alpha value is -1.62. The van der Waals surface area contributed by atoms with E-state index in [1.54, 1.807) is 18.5 Å². The number of nitrogens with one attached hydrogen (secondary N) is 2. The van der Waals surface area contributed by atoms with E-state index in [4.69, 9.17) is 0 Å². The maximum absolute atomic E-state index is 11.6. The summed E-state index contributed by atoms with van der Waals surface area (Å²) in [6.45, 7) is 0.427. The molecule has 0 aliphatic rings. The Labute approximate surface area is 101 Å². The van der Waals surface area contributed by atoms with E-state index in [0.717, 1.165) is 10.2 Å². The van der Waals surface area contributed by atoms with E-state index in [1.165, 1.54) is 0 Å². The summed E-state index contributed by atoms with van der Waals surface area (Å²) in [6, 6.07) is 7.33. The van der Waals surface area contributed by atoms with Crippen molar-refractivity contribution in [3.8, 4) is 0 Å². The summed E-state index contributed by atoms with van der Waals surface area (Å²) >= 11 is 3.27. The number of aromatic nitrogens is 2. The number of carbonyl (C=O) groups excluding carboxylic acids is 1. The second kappa shape index (κ2) is 4.94. The third-order valence-electron chi connectivity index (χ3n) is 2.05. The summed E-state index contributed by atoms with van der Waals surface area (Å²) in [7, 11) is 0. The van der Waals surface area contributed by atoms with Crippen molar-refractivity contribution < 1.29 is 4.79 Å². The van der Waals surface area contributed by atoms with Gasteiger partial charge in [0.15, 0.2) is 0 Å². The molecule has 16 heavy (non-hydrogen) atoms. The maximum atomic E-state index is 11.6. The van der Waals surface area contributed by atoms with Crippen molar-refractivity contribution >= 4 is 21.8 Å². The van der Waals surface area contributed by atoms with Crippen LogP contribution >= 0.6 is 15.9 Å². The summed E-state index contributed by atoms with van der Waals surface area (Å²) in [4.78, 5) is 18.6. The van der Waals surface area contributed by atoms with Crippen molar-refractivity contribution in [3.05, 3.63) is 52.5 Å². The molecule has 0 aliphatic heterocycles. The van der Waals surface area contributed by atoms with Crippen molar-refractivity contribution in [3.63, 3.8) is 0 Å². The molecule has 0 saturated heterocycles. The molecule has 0 fully saturated rings. The molecule has 2 N–H and O–H groups in total. The molecule has 2 aromatic rings. The Bertz CT molecular complexity index is 481. The summed E-state index contributed by atoms with van der Waals surface area (Å²) in [5.41, 5.74) is 1.37. The number of aromatic amines is 1. The predicted octanol–water partition coefficient (Wildman–Crippen LogP) is 2.10. The van der Waals surface area contributed by atoms with Gasteiger partial charge in [-0.1, -0.05) is 6.07 Å². The number of H-pyrrole nitrogens is 1. The molecule has 2 aromatic heterocycles. The maximum Gasteiger partial charge on any atom is 0.268 e. The van der Waals surface area contributed by atoms with Gasteiger partial charge in [0.25, 0.3) is 5.91 Å². The average molecular weight is 280 g/mol. The van der Waals surface area contributed by atoms with Crippen molar-refractivity contribution in [2.45, 2.75) is 6.54 Å². The molecule has 1 amide bonds. The molecule has 0 bridgehead atoms. The van der Waals surface area contributed by atoms with Gasteiger partial charge in [-0.25, -0.2) is 0 Å². The fourth-order valence-corrected chi connectivity index (χ4v) is 1.61. The van der Waals surface area contributed by atoms with Gasteiger partial charge in [-0.2, -0.15) is 0 Å². The molecule has 82 valence electrons. The molecule has 2 rings (SSSR count). The second-order valence-electron chi connectivity index (χ2n) is 3.24. The van der Waals surface area contributed by atoms with E-state index < -0.39 is 0 Å². The highest BCUT2D eigenvalue weighted by molar-refractivity contribution is 9.10. The predicted molar refractivity (Wildman–Crippen MR) is 63.9 cm³/mol. The van der Waals surface area contributed by atoms with Gasteiger partial charge in [-0.15, -0.1) is 0 Å². The Kier molecular flexibility index (Phi) is 3.36.